The third-order valence-electron chi connectivity index (χ3n) is 2.86. The minimum absolute atomic E-state index is 0.0248. The molecule has 0 spiro atoms. The van der Waals surface area contributed by atoms with Crippen molar-refractivity contribution < 1.29 is 9.18 Å². The Kier molecular flexibility index (Phi) is 2.92. The van der Waals surface area contributed by atoms with E-state index >= 15 is 0 Å². The van der Waals surface area contributed by atoms with Gasteiger partial charge in [-0.05, 0) is 25.5 Å². The van der Waals surface area contributed by atoms with Gasteiger partial charge in [0.1, 0.15) is 5.82 Å². The fraction of sp³-hybridized carbons (Fsp3) is 0.417. The molecule has 3 nitrogen and oxygen atoms in total. The highest BCUT2D eigenvalue weighted by atomic mass is 19.1. The van der Waals surface area contributed by atoms with Crippen LogP contribution in [0.5, 0.6) is 0 Å². The lowest BCUT2D eigenvalue weighted by Crippen LogP contribution is -2.32. The number of amides is 1. The molecule has 4 heteroatoms. The molecule has 1 fully saturated rings. The maximum atomic E-state index is 13.5. The maximum Gasteiger partial charge on any atom is 0.256 e. The first-order chi connectivity index (χ1) is 7.58. The number of benzene rings is 1. The van der Waals surface area contributed by atoms with Gasteiger partial charge < -0.3 is 10.6 Å². The highest BCUT2D eigenvalue weighted by molar-refractivity contribution is 5.94. The van der Waals surface area contributed by atoms with E-state index in [0.29, 0.717) is 13.1 Å². The van der Waals surface area contributed by atoms with Crippen molar-refractivity contribution in [1.82, 2.24) is 4.90 Å². The third-order valence-corrected chi connectivity index (χ3v) is 2.86. The quantitative estimate of drug-likeness (QED) is 0.778. The van der Waals surface area contributed by atoms with Crippen LogP contribution in [0.2, 0.25) is 0 Å². The third kappa shape index (κ3) is 2.07. The van der Waals surface area contributed by atoms with Crippen LogP contribution < -0.4 is 5.73 Å². The van der Waals surface area contributed by atoms with Gasteiger partial charge in [-0.2, -0.15) is 0 Å². The summed E-state index contributed by atoms with van der Waals surface area (Å²) in [7, 11) is 0. The van der Waals surface area contributed by atoms with Gasteiger partial charge in [-0.1, -0.05) is 11.6 Å². The molecule has 1 heterocycles. The Morgan fingerprint density at radius 1 is 1.56 bits per heavy atom. The van der Waals surface area contributed by atoms with Gasteiger partial charge in [-0.3, -0.25) is 4.79 Å². The molecule has 2 rings (SSSR count). The molecule has 1 saturated heterocycles. The van der Waals surface area contributed by atoms with Crippen LogP contribution in [0.3, 0.4) is 0 Å². The number of carbonyl (C=O) groups is 1. The van der Waals surface area contributed by atoms with Crippen molar-refractivity contribution in [3.05, 3.63) is 35.1 Å². The van der Waals surface area contributed by atoms with Gasteiger partial charge in [0.15, 0.2) is 0 Å². The zero-order valence-electron chi connectivity index (χ0n) is 9.24. The zero-order valence-corrected chi connectivity index (χ0v) is 9.24. The molecule has 1 amide bonds. The van der Waals surface area contributed by atoms with Crippen LogP contribution in [-0.2, 0) is 0 Å². The fourth-order valence-corrected chi connectivity index (χ4v) is 1.95. The topological polar surface area (TPSA) is 46.3 Å². The van der Waals surface area contributed by atoms with E-state index in [0.717, 1.165) is 12.0 Å². The van der Waals surface area contributed by atoms with Gasteiger partial charge in [-0.15, -0.1) is 0 Å². The lowest BCUT2D eigenvalue weighted by Gasteiger charge is -2.16. The summed E-state index contributed by atoms with van der Waals surface area (Å²) in [5.41, 5.74) is 6.75. The van der Waals surface area contributed by atoms with E-state index in [4.69, 9.17) is 5.73 Å². The molecular weight excluding hydrogens is 207 g/mol. The summed E-state index contributed by atoms with van der Waals surface area (Å²) in [5.74, 6) is -0.717. The highest BCUT2D eigenvalue weighted by Crippen LogP contribution is 2.16. The van der Waals surface area contributed by atoms with Crippen molar-refractivity contribution >= 4 is 5.91 Å². The van der Waals surface area contributed by atoms with Crippen LogP contribution in [0.25, 0.3) is 0 Å². The number of carbonyl (C=O) groups excluding carboxylic acids is 1. The first kappa shape index (κ1) is 11.1. The molecule has 0 radical (unpaired) electrons. The Morgan fingerprint density at radius 2 is 2.31 bits per heavy atom. The Bertz CT molecular complexity index is 419. The number of nitrogens with two attached hydrogens (primary N) is 1. The predicted molar refractivity (Wildman–Crippen MR) is 59.6 cm³/mol. The van der Waals surface area contributed by atoms with Gasteiger partial charge >= 0.3 is 0 Å². The second kappa shape index (κ2) is 4.22. The standard InChI is InChI=1S/C12H15FN2O/c1-8-2-3-11(13)10(6-8)12(16)15-5-4-9(14)7-15/h2-3,6,9H,4-5,7,14H2,1H3/t9-/m0/s1. The molecule has 0 aliphatic carbocycles. The molecule has 2 N–H and O–H groups in total. The van der Waals surface area contributed by atoms with Crippen LogP contribution >= 0.6 is 0 Å². The summed E-state index contributed by atoms with van der Waals surface area (Å²) >= 11 is 0. The molecule has 1 aromatic carbocycles. The predicted octanol–water partition coefficient (Wildman–Crippen LogP) is 1.31. The number of hydrogen-bond donors (Lipinski definition) is 1. The smallest absolute Gasteiger partial charge is 0.256 e. The molecule has 0 saturated carbocycles. The SMILES string of the molecule is Cc1ccc(F)c(C(=O)N2CC[C@H](N)C2)c1. The molecule has 0 aromatic heterocycles. The van der Waals surface area contributed by atoms with Crippen LogP contribution in [-0.4, -0.2) is 29.9 Å². The minimum Gasteiger partial charge on any atom is -0.337 e. The van der Waals surface area contributed by atoms with Crippen molar-refractivity contribution in [2.75, 3.05) is 13.1 Å². The molecule has 86 valence electrons. The lowest BCUT2D eigenvalue weighted by molar-refractivity contribution is 0.0786. The van der Waals surface area contributed by atoms with Crippen LogP contribution in [0.15, 0.2) is 18.2 Å². The number of aryl methyl sites for hydroxylation is 1. The van der Waals surface area contributed by atoms with E-state index in [1.54, 1.807) is 17.0 Å². The van der Waals surface area contributed by atoms with Gasteiger partial charge in [0, 0.05) is 19.1 Å². The molecule has 0 unspecified atom stereocenters. The number of hydrogen-bond acceptors (Lipinski definition) is 2. The van der Waals surface area contributed by atoms with E-state index in [1.807, 2.05) is 6.92 Å². The van der Waals surface area contributed by atoms with Crippen molar-refractivity contribution in [3.8, 4) is 0 Å². The molecule has 1 atom stereocenters. The molecule has 1 aliphatic rings. The largest absolute Gasteiger partial charge is 0.337 e. The first-order valence-electron chi connectivity index (χ1n) is 5.39. The normalized spacial score (nSPS) is 20.2. The number of halogens is 1. The zero-order chi connectivity index (χ0) is 11.7. The Labute approximate surface area is 94.0 Å². The molecule has 1 aromatic rings. The fourth-order valence-electron chi connectivity index (χ4n) is 1.95. The summed E-state index contributed by atoms with van der Waals surface area (Å²) in [5, 5.41) is 0. The molecule has 16 heavy (non-hydrogen) atoms. The summed E-state index contributed by atoms with van der Waals surface area (Å²) in [6, 6.07) is 4.60. The van der Waals surface area contributed by atoms with E-state index in [2.05, 4.69) is 0 Å². The van der Waals surface area contributed by atoms with E-state index in [9.17, 15) is 9.18 Å². The second-order valence-corrected chi connectivity index (χ2v) is 4.28. The molecule has 1 aliphatic heterocycles. The van der Waals surface area contributed by atoms with Gasteiger partial charge in [0.25, 0.3) is 5.91 Å². The molecule has 0 bridgehead atoms. The van der Waals surface area contributed by atoms with Crippen LogP contribution in [0, 0.1) is 12.7 Å². The Balaban J connectivity index is 2.23. The first-order valence-corrected chi connectivity index (χ1v) is 5.39. The van der Waals surface area contributed by atoms with Crippen molar-refractivity contribution in [3.63, 3.8) is 0 Å². The number of rotatable bonds is 1. The molecular formula is C12H15FN2O. The summed E-state index contributed by atoms with van der Waals surface area (Å²) in [6.45, 7) is 2.98. The maximum absolute atomic E-state index is 13.5. The Hall–Kier alpha value is -1.42. The van der Waals surface area contributed by atoms with Gasteiger partial charge in [0.05, 0.1) is 5.56 Å². The second-order valence-electron chi connectivity index (χ2n) is 4.28. The average Bonchev–Trinajstić information content (AvgIpc) is 2.67. The lowest BCUT2D eigenvalue weighted by atomic mass is 10.1. The minimum atomic E-state index is -0.462. The highest BCUT2D eigenvalue weighted by Gasteiger charge is 2.26. The Morgan fingerprint density at radius 3 is 2.94 bits per heavy atom. The van der Waals surface area contributed by atoms with Gasteiger partial charge in [-0.25, -0.2) is 4.39 Å². The number of likely N-dealkylation sites (tertiary alicyclic amines) is 1. The monoisotopic (exact) mass is 222 g/mol. The average molecular weight is 222 g/mol. The van der Waals surface area contributed by atoms with Crippen molar-refractivity contribution in [2.45, 2.75) is 19.4 Å². The van der Waals surface area contributed by atoms with Gasteiger partial charge in [0.2, 0.25) is 0 Å². The van der Waals surface area contributed by atoms with Crippen LogP contribution in [0.1, 0.15) is 22.3 Å². The summed E-state index contributed by atoms with van der Waals surface area (Å²) in [6.07, 6.45) is 0.791. The summed E-state index contributed by atoms with van der Waals surface area (Å²) in [4.78, 5) is 13.6. The van der Waals surface area contributed by atoms with E-state index in [-0.39, 0.29) is 17.5 Å². The number of nitrogens with zero attached hydrogens (tertiary/aromatic N) is 1. The summed E-state index contributed by atoms with van der Waals surface area (Å²) < 4.78 is 13.5. The van der Waals surface area contributed by atoms with Crippen LogP contribution in [0.4, 0.5) is 4.39 Å². The van der Waals surface area contributed by atoms with E-state index < -0.39 is 5.82 Å². The van der Waals surface area contributed by atoms with E-state index in [1.165, 1.54) is 6.07 Å². The van der Waals surface area contributed by atoms with Crippen molar-refractivity contribution in [1.29, 1.82) is 0 Å². The van der Waals surface area contributed by atoms with Crippen molar-refractivity contribution in [2.24, 2.45) is 5.73 Å².